The second-order valence-corrected chi connectivity index (χ2v) is 5.23. The van der Waals surface area contributed by atoms with Gasteiger partial charge in [0.05, 0.1) is 6.61 Å². The average molecular weight is 296 g/mol. The van der Waals surface area contributed by atoms with E-state index >= 15 is 0 Å². The summed E-state index contributed by atoms with van der Waals surface area (Å²) in [4.78, 5) is 0. The molecule has 4 heteroatoms. The van der Waals surface area contributed by atoms with Gasteiger partial charge >= 0.3 is 0 Å². The molecular weight excluding hydrogens is 281 g/mol. The average Bonchev–Trinajstić information content (AvgIpc) is 2.39. The highest BCUT2D eigenvalue weighted by molar-refractivity contribution is 6.35. The van der Waals surface area contributed by atoms with Crippen LogP contribution in [0.4, 0.5) is 5.69 Å². The molecule has 0 aliphatic rings. The summed E-state index contributed by atoms with van der Waals surface area (Å²) in [6.45, 7) is 2.09. The van der Waals surface area contributed by atoms with Gasteiger partial charge in [0.15, 0.2) is 0 Å². The normalized spacial score (nSPS) is 12.2. The molecule has 0 aromatic heterocycles. The standard InChI is InChI=1S/C15H15Cl2NO/c1-10(14-7-4-12(16)8-15(14)17)18-13-5-2-11(9-19)3-6-13/h2-8,10,18-19H,9H2,1H3. The summed E-state index contributed by atoms with van der Waals surface area (Å²) in [5.41, 5.74) is 2.87. The largest absolute Gasteiger partial charge is 0.392 e. The van der Waals surface area contributed by atoms with Gasteiger partial charge < -0.3 is 10.4 Å². The minimum Gasteiger partial charge on any atom is -0.392 e. The van der Waals surface area contributed by atoms with Crippen LogP contribution >= 0.6 is 23.2 Å². The first kappa shape index (κ1) is 14.2. The summed E-state index contributed by atoms with van der Waals surface area (Å²) in [6.07, 6.45) is 0. The van der Waals surface area contributed by atoms with E-state index in [1.165, 1.54) is 0 Å². The fourth-order valence-corrected chi connectivity index (χ4v) is 2.46. The molecule has 19 heavy (non-hydrogen) atoms. The van der Waals surface area contributed by atoms with Gasteiger partial charge in [0.2, 0.25) is 0 Å². The van der Waals surface area contributed by atoms with Crippen LogP contribution in [0.3, 0.4) is 0 Å². The Kier molecular flexibility index (Phi) is 4.70. The van der Waals surface area contributed by atoms with Gasteiger partial charge in [0.1, 0.15) is 0 Å². The van der Waals surface area contributed by atoms with Crippen molar-refractivity contribution >= 4 is 28.9 Å². The van der Waals surface area contributed by atoms with Gasteiger partial charge in [-0.15, -0.1) is 0 Å². The Hall–Kier alpha value is -1.22. The number of benzene rings is 2. The van der Waals surface area contributed by atoms with Crippen molar-refractivity contribution in [3.8, 4) is 0 Å². The third-order valence-electron chi connectivity index (χ3n) is 2.95. The first-order chi connectivity index (χ1) is 9.10. The maximum absolute atomic E-state index is 9.00. The minimum absolute atomic E-state index is 0.0544. The topological polar surface area (TPSA) is 32.3 Å². The van der Waals surface area contributed by atoms with Gasteiger partial charge in [-0.3, -0.25) is 0 Å². The summed E-state index contributed by atoms with van der Waals surface area (Å²) in [6, 6.07) is 13.2. The zero-order valence-electron chi connectivity index (χ0n) is 10.5. The Morgan fingerprint density at radius 2 is 1.79 bits per heavy atom. The number of aliphatic hydroxyl groups excluding tert-OH is 1. The Bertz CT molecular complexity index is 555. The predicted molar refractivity (Wildman–Crippen MR) is 80.9 cm³/mol. The first-order valence-electron chi connectivity index (χ1n) is 6.01. The van der Waals surface area contributed by atoms with Crippen molar-refractivity contribution < 1.29 is 5.11 Å². The number of rotatable bonds is 4. The molecule has 2 aromatic rings. The second kappa shape index (κ2) is 6.29. The summed E-state index contributed by atoms with van der Waals surface area (Å²) < 4.78 is 0. The molecule has 2 nitrogen and oxygen atoms in total. The van der Waals surface area contributed by atoms with Crippen molar-refractivity contribution in [2.45, 2.75) is 19.6 Å². The van der Waals surface area contributed by atoms with Crippen LogP contribution in [0, 0.1) is 0 Å². The molecule has 0 fully saturated rings. The maximum atomic E-state index is 9.00. The van der Waals surface area contributed by atoms with Crippen LogP contribution in [-0.4, -0.2) is 5.11 Å². The maximum Gasteiger partial charge on any atom is 0.0681 e. The summed E-state index contributed by atoms with van der Waals surface area (Å²) in [7, 11) is 0. The molecule has 0 aliphatic carbocycles. The summed E-state index contributed by atoms with van der Waals surface area (Å²) in [5.74, 6) is 0. The number of aliphatic hydroxyl groups is 1. The molecule has 0 bridgehead atoms. The van der Waals surface area contributed by atoms with Crippen molar-refractivity contribution in [2.24, 2.45) is 0 Å². The monoisotopic (exact) mass is 295 g/mol. The lowest BCUT2D eigenvalue weighted by Gasteiger charge is -2.17. The van der Waals surface area contributed by atoms with E-state index in [2.05, 4.69) is 5.32 Å². The van der Waals surface area contributed by atoms with E-state index in [4.69, 9.17) is 28.3 Å². The molecule has 0 aliphatic heterocycles. The van der Waals surface area contributed by atoms with Crippen LogP contribution in [0.1, 0.15) is 24.1 Å². The van der Waals surface area contributed by atoms with Crippen molar-refractivity contribution in [1.29, 1.82) is 0 Å². The molecule has 0 saturated carbocycles. The Labute approximate surface area is 123 Å². The van der Waals surface area contributed by atoms with E-state index in [0.29, 0.717) is 10.0 Å². The summed E-state index contributed by atoms with van der Waals surface area (Å²) >= 11 is 12.1. The van der Waals surface area contributed by atoms with Gasteiger partial charge in [-0.2, -0.15) is 0 Å². The molecule has 100 valence electrons. The summed E-state index contributed by atoms with van der Waals surface area (Å²) in [5, 5.41) is 13.6. The number of hydrogen-bond acceptors (Lipinski definition) is 2. The molecule has 2 aromatic carbocycles. The third-order valence-corrected chi connectivity index (χ3v) is 3.51. The Balaban J connectivity index is 2.13. The predicted octanol–water partition coefficient (Wildman–Crippen LogP) is 4.66. The molecule has 1 atom stereocenters. The van der Waals surface area contributed by atoms with Gasteiger partial charge in [-0.05, 0) is 42.3 Å². The van der Waals surface area contributed by atoms with Crippen LogP contribution in [0.15, 0.2) is 42.5 Å². The van der Waals surface area contributed by atoms with E-state index < -0.39 is 0 Å². The highest BCUT2D eigenvalue weighted by Crippen LogP contribution is 2.28. The van der Waals surface area contributed by atoms with Gasteiger partial charge in [-0.25, -0.2) is 0 Å². The van der Waals surface area contributed by atoms with Crippen LogP contribution in [0.25, 0.3) is 0 Å². The molecule has 0 amide bonds. The minimum atomic E-state index is 0.0544. The first-order valence-corrected chi connectivity index (χ1v) is 6.77. The molecular formula is C15H15Cl2NO. The van der Waals surface area contributed by atoms with Crippen molar-refractivity contribution in [3.63, 3.8) is 0 Å². The molecule has 0 heterocycles. The Morgan fingerprint density at radius 3 is 2.37 bits per heavy atom. The van der Waals surface area contributed by atoms with Crippen molar-refractivity contribution in [3.05, 3.63) is 63.6 Å². The van der Waals surface area contributed by atoms with E-state index in [1.807, 2.05) is 43.3 Å². The molecule has 2 rings (SSSR count). The number of hydrogen-bond donors (Lipinski definition) is 2. The molecule has 0 radical (unpaired) electrons. The lowest BCUT2D eigenvalue weighted by Crippen LogP contribution is -2.07. The highest BCUT2D eigenvalue weighted by atomic mass is 35.5. The zero-order chi connectivity index (χ0) is 13.8. The number of halogens is 2. The van der Waals surface area contributed by atoms with Crippen LogP contribution < -0.4 is 5.32 Å². The van der Waals surface area contributed by atoms with E-state index in [0.717, 1.165) is 16.8 Å². The quantitative estimate of drug-likeness (QED) is 0.860. The zero-order valence-corrected chi connectivity index (χ0v) is 12.0. The number of nitrogens with one attached hydrogen (secondary N) is 1. The second-order valence-electron chi connectivity index (χ2n) is 4.39. The lowest BCUT2D eigenvalue weighted by atomic mass is 10.1. The fraction of sp³-hybridized carbons (Fsp3) is 0.200. The van der Waals surface area contributed by atoms with Crippen LogP contribution in [0.2, 0.25) is 10.0 Å². The fourth-order valence-electron chi connectivity index (χ4n) is 1.89. The van der Waals surface area contributed by atoms with Crippen LogP contribution in [0.5, 0.6) is 0 Å². The van der Waals surface area contributed by atoms with Gasteiger partial charge in [-0.1, -0.05) is 41.4 Å². The van der Waals surface area contributed by atoms with Gasteiger partial charge in [0, 0.05) is 21.8 Å². The Morgan fingerprint density at radius 1 is 1.11 bits per heavy atom. The smallest absolute Gasteiger partial charge is 0.0681 e. The molecule has 1 unspecified atom stereocenters. The van der Waals surface area contributed by atoms with Gasteiger partial charge in [0.25, 0.3) is 0 Å². The lowest BCUT2D eigenvalue weighted by molar-refractivity contribution is 0.282. The van der Waals surface area contributed by atoms with E-state index in [1.54, 1.807) is 6.07 Å². The van der Waals surface area contributed by atoms with Crippen molar-refractivity contribution in [2.75, 3.05) is 5.32 Å². The SMILES string of the molecule is CC(Nc1ccc(CO)cc1)c1ccc(Cl)cc1Cl. The van der Waals surface area contributed by atoms with E-state index in [-0.39, 0.29) is 12.6 Å². The number of anilines is 1. The molecule has 2 N–H and O–H groups in total. The van der Waals surface area contributed by atoms with Crippen molar-refractivity contribution in [1.82, 2.24) is 0 Å². The third kappa shape index (κ3) is 3.63. The van der Waals surface area contributed by atoms with E-state index in [9.17, 15) is 0 Å². The van der Waals surface area contributed by atoms with Crippen LogP contribution in [-0.2, 0) is 6.61 Å². The molecule has 0 spiro atoms. The highest BCUT2D eigenvalue weighted by Gasteiger charge is 2.09. The molecule has 0 saturated heterocycles.